The molecule has 2 rings (SSSR count). The first kappa shape index (κ1) is 19.0. The minimum atomic E-state index is -1.02. The molecule has 0 aliphatic carbocycles. The molecule has 0 fully saturated rings. The maximum absolute atomic E-state index is 12.1. The lowest BCUT2D eigenvalue weighted by atomic mass is 10.2. The van der Waals surface area contributed by atoms with Crippen LogP contribution in [0, 0.1) is 10.1 Å². The number of hydrogen-bond acceptors (Lipinski definition) is 6. The van der Waals surface area contributed by atoms with Crippen LogP contribution in [0.2, 0.25) is 5.02 Å². The molecular formula is C16H14ClN3O6. The molecule has 0 spiro atoms. The SMILES string of the molecule is COc1ccc(OC)c(NC(=O)C(=O)Nc2ccc(Cl)c([N+](=O)[O-])c2)c1. The van der Waals surface area contributed by atoms with Gasteiger partial charge >= 0.3 is 11.8 Å². The molecule has 0 unspecified atom stereocenters. The monoisotopic (exact) mass is 379 g/mol. The molecule has 0 bridgehead atoms. The van der Waals surface area contributed by atoms with Gasteiger partial charge in [-0.15, -0.1) is 0 Å². The summed E-state index contributed by atoms with van der Waals surface area (Å²) >= 11 is 5.70. The molecule has 10 heteroatoms. The number of rotatable bonds is 5. The molecule has 26 heavy (non-hydrogen) atoms. The summed E-state index contributed by atoms with van der Waals surface area (Å²) in [5.74, 6) is -1.23. The van der Waals surface area contributed by atoms with Gasteiger partial charge in [-0.25, -0.2) is 0 Å². The Morgan fingerprint density at radius 3 is 2.35 bits per heavy atom. The highest BCUT2D eigenvalue weighted by atomic mass is 35.5. The quantitative estimate of drug-likeness (QED) is 0.468. The van der Waals surface area contributed by atoms with E-state index in [2.05, 4.69) is 10.6 Å². The fourth-order valence-electron chi connectivity index (χ4n) is 2.01. The molecule has 9 nitrogen and oxygen atoms in total. The third-order valence-corrected chi connectivity index (χ3v) is 3.58. The number of methoxy groups -OCH3 is 2. The number of anilines is 2. The summed E-state index contributed by atoms with van der Waals surface area (Å²) in [5.41, 5.74) is -0.104. The van der Waals surface area contributed by atoms with Crippen LogP contribution < -0.4 is 20.1 Å². The van der Waals surface area contributed by atoms with E-state index in [4.69, 9.17) is 21.1 Å². The van der Waals surface area contributed by atoms with Crippen LogP contribution in [0.4, 0.5) is 17.1 Å². The average Bonchev–Trinajstić information content (AvgIpc) is 2.62. The molecule has 0 aliphatic heterocycles. The Morgan fingerprint density at radius 1 is 1.04 bits per heavy atom. The van der Waals surface area contributed by atoms with Crippen LogP contribution in [-0.2, 0) is 9.59 Å². The number of benzene rings is 2. The van der Waals surface area contributed by atoms with Crippen molar-refractivity contribution in [3.63, 3.8) is 0 Å². The molecule has 0 aromatic heterocycles. The molecule has 2 amide bonds. The zero-order valence-corrected chi connectivity index (χ0v) is 14.5. The molecule has 2 aromatic rings. The summed E-state index contributed by atoms with van der Waals surface area (Å²) in [5, 5.41) is 15.4. The number of carbonyl (C=O) groups is 2. The third-order valence-electron chi connectivity index (χ3n) is 3.26. The van der Waals surface area contributed by atoms with Crippen molar-refractivity contribution in [2.75, 3.05) is 24.9 Å². The van der Waals surface area contributed by atoms with E-state index in [1.165, 1.54) is 32.4 Å². The Hall–Kier alpha value is -3.33. The fourth-order valence-corrected chi connectivity index (χ4v) is 2.20. The minimum absolute atomic E-state index is 0.0545. The first-order chi connectivity index (χ1) is 12.3. The lowest BCUT2D eigenvalue weighted by molar-refractivity contribution is -0.384. The van der Waals surface area contributed by atoms with E-state index in [1.54, 1.807) is 12.1 Å². The number of ether oxygens (including phenoxy) is 2. The van der Waals surface area contributed by atoms with Gasteiger partial charge in [0.2, 0.25) is 0 Å². The van der Waals surface area contributed by atoms with E-state index in [9.17, 15) is 19.7 Å². The van der Waals surface area contributed by atoms with Crippen molar-refractivity contribution in [2.45, 2.75) is 0 Å². The predicted octanol–water partition coefficient (Wildman–Crippen LogP) is 2.84. The number of nitro groups is 1. The van der Waals surface area contributed by atoms with E-state index in [-0.39, 0.29) is 22.1 Å². The standard InChI is InChI=1S/C16H14ClN3O6/c1-25-10-4-6-14(26-2)12(8-10)19-16(22)15(21)18-9-3-5-11(17)13(7-9)20(23)24/h3-8H,1-2H3,(H,18,21)(H,19,22). The van der Waals surface area contributed by atoms with Gasteiger partial charge < -0.3 is 20.1 Å². The molecule has 2 aromatic carbocycles. The van der Waals surface area contributed by atoms with Gasteiger partial charge in [-0.1, -0.05) is 11.6 Å². The zero-order chi connectivity index (χ0) is 19.3. The van der Waals surface area contributed by atoms with Crippen molar-refractivity contribution in [1.29, 1.82) is 0 Å². The molecule has 0 atom stereocenters. The number of halogens is 1. The lowest BCUT2D eigenvalue weighted by Crippen LogP contribution is -2.29. The highest BCUT2D eigenvalue weighted by molar-refractivity contribution is 6.44. The van der Waals surface area contributed by atoms with E-state index in [0.717, 1.165) is 6.07 Å². The zero-order valence-electron chi connectivity index (χ0n) is 13.7. The summed E-state index contributed by atoms with van der Waals surface area (Å²) in [7, 11) is 2.86. The Bertz CT molecular complexity index is 871. The summed E-state index contributed by atoms with van der Waals surface area (Å²) in [6.45, 7) is 0. The molecule has 0 saturated heterocycles. The number of nitro benzene ring substituents is 1. The van der Waals surface area contributed by atoms with E-state index in [1.807, 2.05) is 0 Å². The summed E-state index contributed by atoms with van der Waals surface area (Å²) in [6.07, 6.45) is 0. The van der Waals surface area contributed by atoms with Crippen molar-refractivity contribution >= 4 is 40.5 Å². The van der Waals surface area contributed by atoms with Crippen molar-refractivity contribution in [3.8, 4) is 11.5 Å². The third kappa shape index (κ3) is 4.39. The van der Waals surface area contributed by atoms with Crippen molar-refractivity contribution in [1.82, 2.24) is 0 Å². The van der Waals surface area contributed by atoms with Gasteiger partial charge in [0, 0.05) is 17.8 Å². The molecule has 0 aliphatic rings. The molecule has 0 radical (unpaired) electrons. The first-order valence-electron chi connectivity index (χ1n) is 7.14. The van der Waals surface area contributed by atoms with Crippen LogP contribution in [0.25, 0.3) is 0 Å². The topological polar surface area (TPSA) is 120 Å². The molecule has 136 valence electrons. The van der Waals surface area contributed by atoms with Crippen molar-refractivity contribution in [2.24, 2.45) is 0 Å². The lowest BCUT2D eigenvalue weighted by Gasteiger charge is -2.11. The Kier molecular flexibility index (Phi) is 5.97. The van der Waals surface area contributed by atoms with Gasteiger partial charge in [0.25, 0.3) is 5.69 Å². The summed E-state index contributed by atoms with van der Waals surface area (Å²) in [4.78, 5) is 34.3. The van der Waals surface area contributed by atoms with Crippen LogP contribution in [0.15, 0.2) is 36.4 Å². The van der Waals surface area contributed by atoms with Crippen molar-refractivity contribution in [3.05, 3.63) is 51.5 Å². The average molecular weight is 380 g/mol. The van der Waals surface area contributed by atoms with Crippen LogP contribution in [0.3, 0.4) is 0 Å². The second-order valence-corrected chi connectivity index (χ2v) is 5.30. The predicted molar refractivity (Wildman–Crippen MR) is 94.9 cm³/mol. The van der Waals surface area contributed by atoms with E-state index >= 15 is 0 Å². The van der Waals surface area contributed by atoms with E-state index in [0.29, 0.717) is 11.5 Å². The molecule has 0 heterocycles. The van der Waals surface area contributed by atoms with Gasteiger partial charge in [0.15, 0.2) is 0 Å². The van der Waals surface area contributed by atoms with Gasteiger partial charge in [-0.05, 0) is 24.3 Å². The van der Waals surface area contributed by atoms with E-state index < -0.39 is 16.7 Å². The van der Waals surface area contributed by atoms with Crippen LogP contribution in [0.5, 0.6) is 11.5 Å². The van der Waals surface area contributed by atoms with Gasteiger partial charge in [0.1, 0.15) is 16.5 Å². The Labute approximate surface area is 153 Å². The Balaban J connectivity index is 2.15. The second-order valence-electron chi connectivity index (χ2n) is 4.90. The number of nitrogens with one attached hydrogen (secondary N) is 2. The highest BCUT2D eigenvalue weighted by Gasteiger charge is 2.19. The maximum Gasteiger partial charge on any atom is 0.314 e. The van der Waals surface area contributed by atoms with Crippen LogP contribution in [0.1, 0.15) is 0 Å². The first-order valence-corrected chi connectivity index (χ1v) is 7.51. The van der Waals surface area contributed by atoms with Crippen LogP contribution in [-0.4, -0.2) is 31.0 Å². The number of carbonyl (C=O) groups excluding carboxylic acids is 2. The van der Waals surface area contributed by atoms with Gasteiger partial charge in [-0.3, -0.25) is 19.7 Å². The number of nitrogens with zero attached hydrogens (tertiary/aromatic N) is 1. The fraction of sp³-hybridized carbons (Fsp3) is 0.125. The largest absolute Gasteiger partial charge is 0.497 e. The molecule has 2 N–H and O–H groups in total. The maximum atomic E-state index is 12.1. The highest BCUT2D eigenvalue weighted by Crippen LogP contribution is 2.29. The van der Waals surface area contributed by atoms with Gasteiger partial charge in [0.05, 0.1) is 24.8 Å². The van der Waals surface area contributed by atoms with Crippen LogP contribution >= 0.6 is 11.6 Å². The molecule has 0 saturated carbocycles. The summed E-state index contributed by atoms with van der Waals surface area (Å²) < 4.78 is 10.2. The normalized spacial score (nSPS) is 9.96. The Morgan fingerprint density at radius 2 is 1.73 bits per heavy atom. The smallest absolute Gasteiger partial charge is 0.314 e. The minimum Gasteiger partial charge on any atom is -0.497 e. The summed E-state index contributed by atoms with van der Waals surface area (Å²) in [6, 6.07) is 8.32. The van der Waals surface area contributed by atoms with Gasteiger partial charge in [-0.2, -0.15) is 0 Å². The number of hydrogen-bond donors (Lipinski definition) is 2. The number of amides is 2. The molecular weight excluding hydrogens is 366 g/mol. The van der Waals surface area contributed by atoms with Crippen molar-refractivity contribution < 1.29 is 24.0 Å². The second kappa shape index (κ2) is 8.17.